The second-order valence-electron chi connectivity index (χ2n) is 5.08. The van der Waals surface area contributed by atoms with Crippen molar-refractivity contribution in [2.75, 3.05) is 26.7 Å². The zero-order chi connectivity index (χ0) is 12.5. The SMILES string of the molecule is COc1ccccc1C1=CCN2CCC(O)C1C2. The third-order valence-corrected chi connectivity index (χ3v) is 4.05. The number of hydrogen-bond donors (Lipinski definition) is 1. The number of ether oxygens (including phenoxy) is 1. The Labute approximate surface area is 108 Å². The van der Waals surface area contributed by atoms with Crippen LogP contribution in [0, 0.1) is 5.92 Å². The molecule has 2 heterocycles. The number of hydrogen-bond acceptors (Lipinski definition) is 3. The largest absolute Gasteiger partial charge is 0.496 e. The number of rotatable bonds is 2. The summed E-state index contributed by atoms with van der Waals surface area (Å²) in [6.45, 7) is 2.95. The molecule has 1 N–H and O–H groups in total. The number of aliphatic hydroxyl groups excluding tert-OH is 1. The van der Waals surface area contributed by atoms with Gasteiger partial charge in [-0.3, -0.25) is 4.90 Å². The molecule has 0 aromatic heterocycles. The van der Waals surface area contributed by atoms with E-state index in [4.69, 9.17) is 4.74 Å². The Balaban J connectivity index is 2.00. The molecule has 2 aliphatic heterocycles. The predicted octanol–water partition coefficient (Wildman–Crippen LogP) is 1.77. The van der Waals surface area contributed by atoms with Gasteiger partial charge in [0.15, 0.2) is 0 Å². The highest BCUT2D eigenvalue weighted by atomic mass is 16.5. The summed E-state index contributed by atoms with van der Waals surface area (Å²) in [6, 6.07) is 8.08. The van der Waals surface area contributed by atoms with E-state index in [0.717, 1.165) is 37.4 Å². The van der Waals surface area contributed by atoms with Crippen molar-refractivity contribution in [1.29, 1.82) is 0 Å². The lowest BCUT2D eigenvalue weighted by atomic mass is 9.81. The molecule has 18 heavy (non-hydrogen) atoms. The third-order valence-electron chi connectivity index (χ3n) is 4.05. The van der Waals surface area contributed by atoms with Crippen molar-refractivity contribution < 1.29 is 9.84 Å². The van der Waals surface area contributed by atoms with Crippen LogP contribution in [0.5, 0.6) is 5.75 Å². The minimum absolute atomic E-state index is 0.224. The quantitative estimate of drug-likeness (QED) is 0.862. The van der Waals surface area contributed by atoms with E-state index in [-0.39, 0.29) is 12.0 Å². The number of benzene rings is 1. The first kappa shape index (κ1) is 11.8. The van der Waals surface area contributed by atoms with Crippen molar-refractivity contribution in [1.82, 2.24) is 4.90 Å². The Morgan fingerprint density at radius 1 is 1.33 bits per heavy atom. The Hall–Kier alpha value is -1.32. The van der Waals surface area contributed by atoms with E-state index in [2.05, 4.69) is 17.0 Å². The van der Waals surface area contributed by atoms with Gasteiger partial charge in [0.05, 0.1) is 13.2 Å². The summed E-state index contributed by atoms with van der Waals surface area (Å²) in [5.41, 5.74) is 2.38. The molecule has 96 valence electrons. The summed E-state index contributed by atoms with van der Waals surface area (Å²) in [7, 11) is 1.70. The Morgan fingerprint density at radius 2 is 2.17 bits per heavy atom. The highest BCUT2D eigenvalue weighted by Crippen LogP contribution is 2.37. The molecule has 3 nitrogen and oxygen atoms in total. The van der Waals surface area contributed by atoms with Crippen LogP contribution in [-0.2, 0) is 0 Å². The molecule has 3 atom stereocenters. The molecule has 2 bridgehead atoms. The van der Waals surface area contributed by atoms with E-state index in [0.29, 0.717) is 0 Å². The Bertz CT molecular complexity index is 469. The van der Waals surface area contributed by atoms with E-state index in [1.54, 1.807) is 7.11 Å². The lowest BCUT2D eigenvalue weighted by molar-refractivity contribution is 0.0508. The molecular formula is C15H19NO2. The number of piperidine rings is 1. The fourth-order valence-electron chi connectivity index (χ4n) is 3.05. The summed E-state index contributed by atoms with van der Waals surface area (Å²) in [5, 5.41) is 10.2. The van der Waals surface area contributed by atoms with Gasteiger partial charge < -0.3 is 9.84 Å². The molecule has 1 fully saturated rings. The molecule has 1 aromatic rings. The normalized spacial score (nSPS) is 30.8. The zero-order valence-corrected chi connectivity index (χ0v) is 10.7. The maximum absolute atomic E-state index is 10.2. The fraction of sp³-hybridized carbons (Fsp3) is 0.467. The molecule has 0 amide bonds. The highest BCUT2D eigenvalue weighted by Gasteiger charge is 2.34. The summed E-state index contributed by atoms with van der Waals surface area (Å²) in [4.78, 5) is 2.40. The van der Waals surface area contributed by atoms with Gasteiger partial charge >= 0.3 is 0 Å². The molecule has 2 aliphatic rings. The molecule has 3 heteroatoms. The van der Waals surface area contributed by atoms with E-state index >= 15 is 0 Å². The number of nitrogens with zero attached hydrogens (tertiary/aromatic N) is 1. The van der Waals surface area contributed by atoms with Gasteiger partial charge in [-0.15, -0.1) is 0 Å². The lowest BCUT2D eigenvalue weighted by Crippen LogP contribution is -2.46. The molecule has 1 aromatic carbocycles. The van der Waals surface area contributed by atoms with E-state index < -0.39 is 0 Å². The van der Waals surface area contributed by atoms with Gasteiger partial charge in [-0.05, 0) is 18.1 Å². The highest BCUT2D eigenvalue weighted by molar-refractivity contribution is 5.73. The second-order valence-corrected chi connectivity index (χ2v) is 5.08. The van der Waals surface area contributed by atoms with Gasteiger partial charge in [0.1, 0.15) is 5.75 Å². The molecule has 1 saturated heterocycles. The smallest absolute Gasteiger partial charge is 0.126 e. The van der Waals surface area contributed by atoms with Crippen molar-refractivity contribution in [2.24, 2.45) is 5.92 Å². The third kappa shape index (κ3) is 1.93. The number of fused-ring (bicyclic) bond motifs is 2. The summed E-state index contributed by atoms with van der Waals surface area (Å²) in [6.07, 6.45) is 2.89. The van der Waals surface area contributed by atoms with E-state index in [9.17, 15) is 5.11 Å². The van der Waals surface area contributed by atoms with Gasteiger partial charge in [-0.2, -0.15) is 0 Å². The number of para-hydroxylation sites is 1. The van der Waals surface area contributed by atoms with Gasteiger partial charge in [-0.25, -0.2) is 0 Å². The van der Waals surface area contributed by atoms with Crippen molar-refractivity contribution in [3.63, 3.8) is 0 Å². The molecule has 3 rings (SSSR count). The molecule has 0 aliphatic carbocycles. The summed E-state index contributed by atoms with van der Waals surface area (Å²) in [5.74, 6) is 1.12. The first-order chi connectivity index (χ1) is 8.79. The molecule has 0 radical (unpaired) electrons. The average Bonchev–Trinajstić information content (AvgIpc) is 2.43. The minimum Gasteiger partial charge on any atom is -0.496 e. The van der Waals surface area contributed by atoms with Crippen LogP contribution in [0.3, 0.4) is 0 Å². The predicted molar refractivity (Wildman–Crippen MR) is 71.5 cm³/mol. The Morgan fingerprint density at radius 3 is 3.00 bits per heavy atom. The first-order valence-electron chi connectivity index (χ1n) is 6.53. The van der Waals surface area contributed by atoms with Gasteiger partial charge in [-0.1, -0.05) is 24.3 Å². The van der Waals surface area contributed by atoms with Crippen LogP contribution in [0.25, 0.3) is 5.57 Å². The van der Waals surface area contributed by atoms with E-state index in [1.807, 2.05) is 18.2 Å². The number of methoxy groups -OCH3 is 1. The molecular weight excluding hydrogens is 226 g/mol. The maximum atomic E-state index is 10.2. The van der Waals surface area contributed by atoms with Crippen LogP contribution in [0.2, 0.25) is 0 Å². The first-order valence-corrected chi connectivity index (χ1v) is 6.53. The summed E-state index contributed by atoms with van der Waals surface area (Å²) < 4.78 is 5.44. The second kappa shape index (κ2) is 4.75. The summed E-state index contributed by atoms with van der Waals surface area (Å²) >= 11 is 0. The van der Waals surface area contributed by atoms with Crippen LogP contribution in [-0.4, -0.2) is 42.9 Å². The van der Waals surface area contributed by atoms with Gasteiger partial charge in [0, 0.05) is 31.1 Å². The van der Waals surface area contributed by atoms with Crippen LogP contribution < -0.4 is 4.74 Å². The number of aliphatic hydroxyl groups is 1. The van der Waals surface area contributed by atoms with Crippen molar-refractivity contribution >= 4 is 5.57 Å². The topological polar surface area (TPSA) is 32.7 Å². The monoisotopic (exact) mass is 245 g/mol. The molecule has 3 unspecified atom stereocenters. The zero-order valence-electron chi connectivity index (χ0n) is 10.7. The van der Waals surface area contributed by atoms with E-state index in [1.165, 1.54) is 5.57 Å². The fourth-order valence-corrected chi connectivity index (χ4v) is 3.05. The van der Waals surface area contributed by atoms with Crippen LogP contribution in [0.4, 0.5) is 0 Å². The van der Waals surface area contributed by atoms with Gasteiger partial charge in [0.25, 0.3) is 0 Å². The average molecular weight is 245 g/mol. The van der Waals surface area contributed by atoms with Crippen molar-refractivity contribution in [3.05, 3.63) is 35.9 Å². The van der Waals surface area contributed by atoms with Crippen molar-refractivity contribution in [3.8, 4) is 5.75 Å². The van der Waals surface area contributed by atoms with Crippen LogP contribution in [0.1, 0.15) is 12.0 Å². The molecule has 0 spiro atoms. The molecule has 0 saturated carbocycles. The Kier molecular flexibility index (Phi) is 3.10. The minimum atomic E-state index is -0.224. The van der Waals surface area contributed by atoms with Crippen LogP contribution >= 0.6 is 0 Å². The maximum Gasteiger partial charge on any atom is 0.126 e. The van der Waals surface area contributed by atoms with Gasteiger partial charge in [0.2, 0.25) is 0 Å². The van der Waals surface area contributed by atoms with Crippen molar-refractivity contribution in [2.45, 2.75) is 12.5 Å². The lowest BCUT2D eigenvalue weighted by Gasteiger charge is -2.41. The van der Waals surface area contributed by atoms with Crippen LogP contribution in [0.15, 0.2) is 30.3 Å². The standard InChI is InChI=1S/C15H19NO2/c1-18-15-5-3-2-4-12(15)11-6-8-16-9-7-14(17)13(11)10-16/h2-6,13-14,17H,7-10H2,1H3.